The number of aliphatic carboxylic acids is 1. The lowest BCUT2D eigenvalue weighted by Crippen LogP contribution is -2.40. The summed E-state index contributed by atoms with van der Waals surface area (Å²) in [7, 11) is 0. The molecule has 3 nitrogen and oxygen atoms in total. The molecule has 3 N–H and O–H groups in total. The van der Waals surface area contributed by atoms with Crippen LogP contribution in [0.5, 0.6) is 0 Å². The molecule has 0 fully saturated rings. The van der Waals surface area contributed by atoms with Crippen molar-refractivity contribution in [2.75, 3.05) is 0 Å². The highest BCUT2D eigenvalue weighted by molar-refractivity contribution is 5.75. The predicted molar refractivity (Wildman–Crippen MR) is 42.0 cm³/mol. The van der Waals surface area contributed by atoms with E-state index >= 15 is 0 Å². The SMILES string of the molecule is CC1(F)C(N)=CC=CC1C(=O)O. The molecular formula is C8H10FNO2. The Hall–Kier alpha value is -1.32. The summed E-state index contributed by atoms with van der Waals surface area (Å²) in [5.41, 5.74) is 3.30. The summed E-state index contributed by atoms with van der Waals surface area (Å²) in [6.45, 7) is 1.17. The third-order valence-electron chi connectivity index (χ3n) is 1.99. The van der Waals surface area contributed by atoms with Crippen molar-refractivity contribution in [3.63, 3.8) is 0 Å². The molecule has 0 bridgehead atoms. The second-order valence-electron chi connectivity index (χ2n) is 2.90. The molecule has 0 aliphatic heterocycles. The van der Waals surface area contributed by atoms with E-state index in [0.717, 1.165) is 0 Å². The van der Waals surface area contributed by atoms with Crippen molar-refractivity contribution in [3.05, 3.63) is 23.9 Å². The first-order valence-electron chi connectivity index (χ1n) is 3.52. The minimum Gasteiger partial charge on any atom is -0.481 e. The van der Waals surface area contributed by atoms with Gasteiger partial charge in [-0.1, -0.05) is 12.2 Å². The maximum absolute atomic E-state index is 13.6. The van der Waals surface area contributed by atoms with E-state index in [1.807, 2.05) is 0 Å². The summed E-state index contributed by atoms with van der Waals surface area (Å²) >= 11 is 0. The van der Waals surface area contributed by atoms with Gasteiger partial charge in [0.15, 0.2) is 5.67 Å². The molecule has 2 unspecified atom stereocenters. The van der Waals surface area contributed by atoms with E-state index in [1.165, 1.54) is 25.2 Å². The highest BCUT2D eigenvalue weighted by Crippen LogP contribution is 2.31. The molecule has 66 valence electrons. The number of alkyl halides is 1. The van der Waals surface area contributed by atoms with Crippen LogP contribution in [0.15, 0.2) is 23.9 Å². The normalized spacial score (nSPS) is 34.5. The molecule has 1 aliphatic carbocycles. The van der Waals surface area contributed by atoms with Crippen LogP contribution in [-0.4, -0.2) is 16.7 Å². The maximum atomic E-state index is 13.6. The van der Waals surface area contributed by atoms with E-state index in [-0.39, 0.29) is 5.70 Å². The third-order valence-corrected chi connectivity index (χ3v) is 1.99. The molecule has 0 heterocycles. The van der Waals surface area contributed by atoms with Crippen molar-refractivity contribution in [1.29, 1.82) is 0 Å². The summed E-state index contributed by atoms with van der Waals surface area (Å²) < 4.78 is 13.6. The van der Waals surface area contributed by atoms with E-state index in [0.29, 0.717) is 0 Å². The fourth-order valence-corrected chi connectivity index (χ4v) is 1.11. The van der Waals surface area contributed by atoms with E-state index in [9.17, 15) is 9.18 Å². The predicted octanol–water partition coefficient (Wildman–Crippen LogP) is 0.828. The fourth-order valence-electron chi connectivity index (χ4n) is 1.11. The number of hydrogen-bond acceptors (Lipinski definition) is 2. The summed E-state index contributed by atoms with van der Waals surface area (Å²) in [4.78, 5) is 10.5. The van der Waals surface area contributed by atoms with Crippen LogP contribution >= 0.6 is 0 Å². The summed E-state index contributed by atoms with van der Waals surface area (Å²) in [5, 5.41) is 8.62. The van der Waals surface area contributed by atoms with E-state index < -0.39 is 17.6 Å². The zero-order valence-corrected chi connectivity index (χ0v) is 6.62. The number of carboxylic acid groups (broad SMARTS) is 1. The molecule has 0 aromatic carbocycles. The van der Waals surface area contributed by atoms with Gasteiger partial charge in [0.1, 0.15) is 5.92 Å². The van der Waals surface area contributed by atoms with Gasteiger partial charge < -0.3 is 10.8 Å². The Morgan fingerprint density at radius 1 is 1.83 bits per heavy atom. The van der Waals surface area contributed by atoms with Crippen LogP contribution in [0.4, 0.5) is 4.39 Å². The lowest BCUT2D eigenvalue weighted by molar-refractivity contribution is -0.143. The van der Waals surface area contributed by atoms with Gasteiger partial charge in [0.05, 0.1) is 0 Å². The Morgan fingerprint density at radius 3 is 2.83 bits per heavy atom. The average Bonchev–Trinajstić information content (AvgIpc) is 1.94. The first kappa shape index (κ1) is 8.77. The molecule has 0 aromatic heterocycles. The monoisotopic (exact) mass is 171 g/mol. The maximum Gasteiger partial charge on any atom is 0.314 e. The van der Waals surface area contributed by atoms with Gasteiger partial charge in [0.2, 0.25) is 0 Å². The number of halogens is 1. The van der Waals surface area contributed by atoms with Crippen molar-refractivity contribution in [3.8, 4) is 0 Å². The Balaban J connectivity index is 3.01. The number of carboxylic acids is 1. The van der Waals surface area contributed by atoms with Crippen molar-refractivity contribution in [2.45, 2.75) is 12.6 Å². The average molecular weight is 171 g/mol. The summed E-state index contributed by atoms with van der Waals surface area (Å²) in [6, 6.07) is 0. The number of allylic oxidation sites excluding steroid dienone is 3. The van der Waals surface area contributed by atoms with Gasteiger partial charge in [-0.15, -0.1) is 0 Å². The van der Waals surface area contributed by atoms with Gasteiger partial charge in [0, 0.05) is 5.70 Å². The second-order valence-corrected chi connectivity index (χ2v) is 2.90. The molecule has 0 saturated heterocycles. The van der Waals surface area contributed by atoms with Crippen molar-refractivity contribution >= 4 is 5.97 Å². The molecule has 12 heavy (non-hydrogen) atoms. The number of nitrogens with two attached hydrogens (primary N) is 1. The largest absolute Gasteiger partial charge is 0.481 e. The van der Waals surface area contributed by atoms with Crippen LogP contribution in [-0.2, 0) is 4.79 Å². The van der Waals surface area contributed by atoms with Crippen LogP contribution in [0.3, 0.4) is 0 Å². The molecule has 1 aliphatic rings. The number of hydrogen-bond donors (Lipinski definition) is 2. The van der Waals surface area contributed by atoms with Gasteiger partial charge in [-0.25, -0.2) is 4.39 Å². The van der Waals surface area contributed by atoms with Crippen LogP contribution in [0.1, 0.15) is 6.92 Å². The standard InChI is InChI=1S/C8H10FNO2/c1-8(9)5(7(11)12)3-2-4-6(8)10/h2-5H,10H2,1H3,(H,11,12). The minimum atomic E-state index is -1.97. The Bertz CT molecular complexity index is 268. The molecule has 0 amide bonds. The molecule has 1 rings (SSSR count). The van der Waals surface area contributed by atoms with E-state index in [2.05, 4.69) is 0 Å². The highest BCUT2D eigenvalue weighted by Gasteiger charge is 2.41. The number of carbonyl (C=O) groups is 1. The van der Waals surface area contributed by atoms with Crippen molar-refractivity contribution in [2.24, 2.45) is 11.7 Å². The molecular weight excluding hydrogens is 161 g/mol. The lowest BCUT2D eigenvalue weighted by atomic mass is 9.84. The first-order valence-corrected chi connectivity index (χ1v) is 3.52. The van der Waals surface area contributed by atoms with Crippen LogP contribution in [0.25, 0.3) is 0 Å². The topological polar surface area (TPSA) is 63.3 Å². The van der Waals surface area contributed by atoms with E-state index in [4.69, 9.17) is 10.8 Å². The highest BCUT2D eigenvalue weighted by atomic mass is 19.1. The molecule has 0 spiro atoms. The smallest absolute Gasteiger partial charge is 0.314 e. The molecule has 4 heteroatoms. The summed E-state index contributed by atoms with van der Waals surface area (Å²) in [6.07, 6.45) is 4.12. The molecule has 0 aromatic rings. The zero-order chi connectivity index (χ0) is 9.35. The van der Waals surface area contributed by atoms with Gasteiger partial charge in [-0.05, 0) is 13.0 Å². The fraction of sp³-hybridized carbons (Fsp3) is 0.375. The van der Waals surface area contributed by atoms with Gasteiger partial charge in [-0.3, -0.25) is 4.79 Å². The Kier molecular flexibility index (Phi) is 1.92. The minimum absolute atomic E-state index is 0.0441. The van der Waals surface area contributed by atoms with E-state index in [1.54, 1.807) is 0 Å². The van der Waals surface area contributed by atoms with Crippen LogP contribution in [0.2, 0.25) is 0 Å². The molecule has 0 radical (unpaired) electrons. The third kappa shape index (κ3) is 1.20. The quantitative estimate of drug-likeness (QED) is 0.614. The Labute approximate surface area is 69.4 Å². The van der Waals surface area contributed by atoms with Crippen LogP contribution in [0, 0.1) is 5.92 Å². The zero-order valence-electron chi connectivity index (χ0n) is 6.62. The van der Waals surface area contributed by atoms with Gasteiger partial charge >= 0.3 is 5.97 Å². The van der Waals surface area contributed by atoms with Gasteiger partial charge in [0.25, 0.3) is 0 Å². The Morgan fingerprint density at radius 2 is 2.42 bits per heavy atom. The summed E-state index contributed by atoms with van der Waals surface area (Å²) in [5.74, 6) is -2.38. The second kappa shape index (κ2) is 2.62. The van der Waals surface area contributed by atoms with Crippen molar-refractivity contribution in [1.82, 2.24) is 0 Å². The lowest BCUT2D eigenvalue weighted by Gasteiger charge is -2.27. The first-order chi connectivity index (χ1) is 5.46. The van der Waals surface area contributed by atoms with Crippen molar-refractivity contribution < 1.29 is 14.3 Å². The molecule has 2 atom stereocenters. The van der Waals surface area contributed by atoms with Gasteiger partial charge in [-0.2, -0.15) is 0 Å². The van der Waals surface area contributed by atoms with Crippen LogP contribution < -0.4 is 5.73 Å². The number of rotatable bonds is 1. The molecule has 0 saturated carbocycles.